The molecular weight excluding hydrogens is 392 g/mol. The number of nitrogens with one attached hydrogen (secondary N) is 1. The second kappa shape index (κ2) is 8.93. The normalized spacial score (nSPS) is 10.6. The maximum Gasteiger partial charge on any atom is 0.257 e. The van der Waals surface area contributed by atoms with Gasteiger partial charge < -0.3 is 4.74 Å². The van der Waals surface area contributed by atoms with E-state index in [-0.39, 0.29) is 5.91 Å². The summed E-state index contributed by atoms with van der Waals surface area (Å²) >= 11 is 1.49. The van der Waals surface area contributed by atoms with E-state index in [9.17, 15) is 4.79 Å². The number of nitrogens with zero attached hydrogens (tertiary/aromatic N) is 1. The molecule has 0 saturated heterocycles. The molecule has 4 aromatic rings. The first-order valence-corrected chi connectivity index (χ1v) is 10.5. The van der Waals surface area contributed by atoms with Crippen molar-refractivity contribution in [3.8, 4) is 11.5 Å². The van der Waals surface area contributed by atoms with Gasteiger partial charge >= 0.3 is 0 Å². The maximum absolute atomic E-state index is 12.5. The summed E-state index contributed by atoms with van der Waals surface area (Å²) in [5.74, 6) is 1.27. The number of aryl methyl sites for hydroxylation is 2. The zero-order valence-electron chi connectivity index (χ0n) is 16.9. The minimum Gasteiger partial charge on any atom is -0.457 e. The minimum absolute atomic E-state index is 0.187. The van der Waals surface area contributed by atoms with Crippen molar-refractivity contribution in [2.24, 2.45) is 0 Å². The number of ether oxygens (including phenoxy) is 1. The van der Waals surface area contributed by atoms with E-state index in [1.807, 2.05) is 37.4 Å². The molecule has 1 aromatic heterocycles. The Bertz CT molecular complexity index is 1150. The standard InChI is InChI=1S/C25H22N2O2S/c1-17-6-8-19(9-7-17)15-23-16-26-25(30-23)27-24(28)20-10-12-21(13-11-20)29-22-5-3-4-18(2)14-22/h3-14,16H,15H2,1-2H3,(H,26,27,28). The second-order valence-corrected chi connectivity index (χ2v) is 8.31. The van der Waals surface area contributed by atoms with Crippen molar-refractivity contribution in [1.29, 1.82) is 0 Å². The summed E-state index contributed by atoms with van der Waals surface area (Å²) in [5.41, 5.74) is 4.16. The fourth-order valence-electron chi connectivity index (χ4n) is 3.01. The molecule has 0 bridgehead atoms. The van der Waals surface area contributed by atoms with Gasteiger partial charge in [0.05, 0.1) is 0 Å². The quantitative estimate of drug-likeness (QED) is 0.397. The van der Waals surface area contributed by atoms with Crippen LogP contribution in [0.3, 0.4) is 0 Å². The summed E-state index contributed by atoms with van der Waals surface area (Å²) in [6, 6.07) is 23.4. The number of carbonyl (C=O) groups excluding carboxylic acids is 1. The van der Waals surface area contributed by atoms with E-state index in [2.05, 4.69) is 41.5 Å². The average molecular weight is 415 g/mol. The van der Waals surface area contributed by atoms with Crippen LogP contribution in [0, 0.1) is 13.8 Å². The molecule has 0 atom stereocenters. The molecule has 0 aliphatic rings. The zero-order chi connectivity index (χ0) is 20.9. The lowest BCUT2D eigenvalue weighted by Crippen LogP contribution is -2.11. The molecule has 0 unspecified atom stereocenters. The van der Waals surface area contributed by atoms with Crippen LogP contribution in [-0.2, 0) is 6.42 Å². The van der Waals surface area contributed by atoms with Gasteiger partial charge in [-0.3, -0.25) is 10.1 Å². The van der Waals surface area contributed by atoms with Crippen LogP contribution in [-0.4, -0.2) is 10.9 Å². The highest BCUT2D eigenvalue weighted by atomic mass is 32.1. The molecule has 5 heteroatoms. The lowest BCUT2D eigenvalue weighted by Gasteiger charge is -2.07. The number of hydrogen-bond donors (Lipinski definition) is 1. The Kier molecular flexibility index (Phi) is 5.91. The van der Waals surface area contributed by atoms with Crippen molar-refractivity contribution in [2.45, 2.75) is 20.3 Å². The van der Waals surface area contributed by atoms with Gasteiger partial charge in [-0.2, -0.15) is 0 Å². The highest BCUT2D eigenvalue weighted by molar-refractivity contribution is 7.15. The third-order valence-corrected chi connectivity index (χ3v) is 5.53. The van der Waals surface area contributed by atoms with E-state index in [0.29, 0.717) is 16.4 Å². The number of amides is 1. The average Bonchev–Trinajstić information content (AvgIpc) is 3.17. The van der Waals surface area contributed by atoms with Crippen molar-refractivity contribution >= 4 is 22.4 Å². The van der Waals surface area contributed by atoms with Crippen LogP contribution in [0.4, 0.5) is 5.13 Å². The monoisotopic (exact) mass is 414 g/mol. The highest BCUT2D eigenvalue weighted by Crippen LogP contribution is 2.24. The van der Waals surface area contributed by atoms with Crippen LogP contribution in [0.15, 0.2) is 79.0 Å². The number of thiazole rings is 1. The fourth-order valence-corrected chi connectivity index (χ4v) is 3.85. The second-order valence-electron chi connectivity index (χ2n) is 7.19. The van der Waals surface area contributed by atoms with Crippen LogP contribution in [0.2, 0.25) is 0 Å². The van der Waals surface area contributed by atoms with Gasteiger partial charge in [-0.25, -0.2) is 4.98 Å². The molecule has 1 amide bonds. The molecule has 1 heterocycles. The Labute approximate surface area is 180 Å². The molecule has 0 aliphatic heterocycles. The molecule has 0 fully saturated rings. The molecule has 4 rings (SSSR count). The lowest BCUT2D eigenvalue weighted by molar-refractivity contribution is 0.102. The smallest absolute Gasteiger partial charge is 0.257 e. The van der Waals surface area contributed by atoms with E-state index < -0.39 is 0 Å². The van der Waals surface area contributed by atoms with E-state index in [0.717, 1.165) is 22.6 Å². The molecule has 4 nitrogen and oxygen atoms in total. The predicted molar refractivity (Wildman–Crippen MR) is 122 cm³/mol. The largest absolute Gasteiger partial charge is 0.457 e. The van der Waals surface area contributed by atoms with Gasteiger partial charge in [0, 0.05) is 23.1 Å². The van der Waals surface area contributed by atoms with Crippen LogP contribution < -0.4 is 10.1 Å². The van der Waals surface area contributed by atoms with Crippen LogP contribution in [0.25, 0.3) is 0 Å². The summed E-state index contributed by atoms with van der Waals surface area (Å²) in [4.78, 5) is 18.0. The number of benzene rings is 3. The van der Waals surface area contributed by atoms with E-state index >= 15 is 0 Å². The summed E-state index contributed by atoms with van der Waals surface area (Å²) in [6.45, 7) is 4.09. The first-order valence-electron chi connectivity index (χ1n) is 9.71. The molecule has 30 heavy (non-hydrogen) atoms. The van der Waals surface area contributed by atoms with Crippen molar-refractivity contribution in [1.82, 2.24) is 4.98 Å². The Morgan fingerprint density at radius 1 is 0.933 bits per heavy atom. The third kappa shape index (κ3) is 5.13. The van der Waals surface area contributed by atoms with Crippen molar-refractivity contribution in [2.75, 3.05) is 5.32 Å². The molecular formula is C25H22N2O2S. The Morgan fingerprint density at radius 3 is 2.43 bits per heavy atom. The molecule has 0 radical (unpaired) electrons. The van der Waals surface area contributed by atoms with Crippen molar-refractivity contribution in [3.05, 3.63) is 106 Å². The van der Waals surface area contributed by atoms with E-state index in [4.69, 9.17) is 4.74 Å². The lowest BCUT2D eigenvalue weighted by atomic mass is 10.1. The third-order valence-electron chi connectivity index (χ3n) is 4.61. The Balaban J connectivity index is 1.37. The first-order chi connectivity index (χ1) is 14.5. The maximum atomic E-state index is 12.5. The Hall–Kier alpha value is -3.44. The van der Waals surface area contributed by atoms with Gasteiger partial charge in [0.2, 0.25) is 0 Å². The predicted octanol–water partition coefficient (Wildman–Crippen LogP) is 6.40. The summed E-state index contributed by atoms with van der Waals surface area (Å²) in [5, 5.41) is 3.48. The number of hydrogen-bond acceptors (Lipinski definition) is 4. The van der Waals surface area contributed by atoms with Crippen LogP contribution in [0.5, 0.6) is 11.5 Å². The van der Waals surface area contributed by atoms with Gasteiger partial charge in [0.15, 0.2) is 5.13 Å². The van der Waals surface area contributed by atoms with Crippen LogP contribution >= 0.6 is 11.3 Å². The minimum atomic E-state index is -0.187. The number of aromatic nitrogens is 1. The fraction of sp³-hybridized carbons (Fsp3) is 0.120. The van der Waals surface area contributed by atoms with Crippen LogP contribution in [0.1, 0.15) is 31.9 Å². The number of anilines is 1. The van der Waals surface area contributed by atoms with Gasteiger partial charge in [-0.05, 0) is 61.4 Å². The Morgan fingerprint density at radius 2 is 1.70 bits per heavy atom. The SMILES string of the molecule is Cc1ccc(Cc2cnc(NC(=O)c3ccc(Oc4cccc(C)c4)cc3)s2)cc1. The van der Waals surface area contributed by atoms with E-state index in [1.54, 1.807) is 24.3 Å². The van der Waals surface area contributed by atoms with Gasteiger partial charge in [0.1, 0.15) is 11.5 Å². The zero-order valence-corrected chi connectivity index (χ0v) is 17.7. The van der Waals surface area contributed by atoms with Gasteiger partial charge in [-0.15, -0.1) is 11.3 Å². The molecule has 1 N–H and O–H groups in total. The van der Waals surface area contributed by atoms with E-state index in [1.165, 1.54) is 22.5 Å². The molecule has 0 spiro atoms. The van der Waals surface area contributed by atoms with Crippen molar-refractivity contribution < 1.29 is 9.53 Å². The summed E-state index contributed by atoms with van der Waals surface area (Å²) in [7, 11) is 0. The number of carbonyl (C=O) groups is 1. The molecule has 0 aliphatic carbocycles. The topological polar surface area (TPSA) is 51.2 Å². The summed E-state index contributed by atoms with van der Waals surface area (Å²) < 4.78 is 5.84. The first kappa shape index (κ1) is 19.9. The van der Waals surface area contributed by atoms with Gasteiger partial charge in [-0.1, -0.05) is 42.0 Å². The summed E-state index contributed by atoms with van der Waals surface area (Å²) in [6.07, 6.45) is 2.62. The highest BCUT2D eigenvalue weighted by Gasteiger charge is 2.10. The molecule has 0 saturated carbocycles. The van der Waals surface area contributed by atoms with Crippen molar-refractivity contribution in [3.63, 3.8) is 0 Å². The number of rotatable bonds is 6. The molecule has 3 aromatic carbocycles. The van der Waals surface area contributed by atoms with Gasteiger partial charge in [0.25, 0.3) is 5.91 Å². The molecule has 150 valence electrons.